The van der Waals surface area contributed by atoms with Crippen molar-refractivity contribution in [3.8, 4) is 11.1 Å². The smallest absolute Gasteiger partial charge is 0.313 e. The van der Waals surface area contributed by atoms with E-state index in [1.807, 2.05) is 94.4 Å². The molecule has 0 saturated heterocycles. The van der Waals surface area contributed by atoms with Gasteiger partial charge in [-0.2, -0.15) is 0 Å². The average Bonchev–Trinajstić information content (AvgIpc) is 3.08. The zero-order valence-corrected chi connectivity index (χ0v) is 18.4. The van der Waals surface area contributed by atoms with Crippen LogP contribution in [0.25, 0.3) is 11.1 Å². The molecule has 1 atom stereocenters. The second-order valence-corrected chi connectivity index (χ2v) is 8.98. The van der Waals surface area contributed by atoms with E-state index < -0.39 is 5.60 Å². The van der Waals surface area contributed by atoms with Crippen molar-refractivity contribution in [2.24, 2.45) is 0 Å². The molecule has 0 bridgehead atoms. The Morgan fingerprint density at radius 2 is 1.61 bits per heavy atom. The highest BCUT2D eigenvalue weighted by Crippen LogP contribution is 2.32. The molecule has 3 aromatic carbocycles. The molecule has 0 saturated carbocycles. The minimum atomic E-state index is -0.516. The summed E-state index contributed by atoms with van der Waals surface area (Å²) in [4.78, 5) is 27.3. The molecule has 0 spiro atoms. The zero-order valence-electron chi connectivity index (χ0n) is 18.4. The van der Waals surface area contributed by atoms with Crippen LogP contribution in [0.4, 0.5) is 5.69 Å². The third-order valence-electron chi connectivity index (χ3n) is 5.49. The van der Waals surface area contributed by atoms with Crippen LogP contribution in [0.1, 0.15) is 55.1 Å². The summed E-state index contributed by atoms with van der Waals surface area (Å²) in [6, 6.07) is 23.7. The summed E-state index contributed by atoms with van der Waals surface area (Å²) >= 11 is 0. The van der Waals surface area contributed by atoms with Crippen molar-refractivity contribution in [3.63, 3.8) is 0 Å². The van der Waals surface area contributed by atoms with Crippen molar-refractivity contribution in [3.05, 3.63) is 89.5 Å². The predicted molar refractivity (Wildman–Crippen MR) is 123 cm³/mol. The van der Waals surface area contributed by atoms with Crippen molar-refractivity contribution < 1.29 is 14.3 Å². The number of anilines is 1. The van der Waals surface area contributed by atoms with Crippen molar-refractivity contribution in [1.82, 2.24) is 0 Å². The average molecular weight is 414 g/mol. The fraction of sp³-hybridized carbons (Fsp3) is 0.259. The van der Waals surface area contributed by atoms with E-state index in [0.29, 0.717) is 6.54 Å². The Bertz CT molecular complexity index is 1110. The molecule has 158 valence electrons. The first-order valence-corrected chi connectivity index (χ1v) is 10.6. The number of esters is 1. The Morgan fingerprint density at radius 3 is 2.26 bits per heavy atom. The maximum absolute atomic E-state index is 13.1. The van der Waals surface area contributed by atoms with E-state index in [0.717, 1.165) is 33.5 Å². The van der Waals surface area contributed by atoms with Gasteiger partial charge in [0.25, 0.3) is 5.91 Å². The van der Waals surface area contributed by atoms with Crippen molar-refractivity contribution in [1.29, 1.82) is 0 Å². The number of hydrogen-bond donors (Lipinski definition) is 0. The molecular weight excluding hydrogens is 386 g/mol. The van der Waals surface area contributed by atoms with Gasteiger partial charge in [0.05, 0.1) is 12.5 Å². The van der Waals surface area contributed by atoms with Crippen molar-refractivity contribution in [2.45, 2.75) is 45.8 Å². The lowest BCUT2D eigenvalue weighted by Gasteiger charge is -2.23. The number of rotatable bonds is 4. The molecule has 4 nitrogen and oxygen atoms in total. The van der Waals surface area contributed by atoms with Gasteiger partial charge in [-0.15, -0.1) is 0 Å². The van der Waals surface area contributed by atoms with Crippen LogP contribution in [0.2, 0.25) is 0 Å². The standard InChI is InChI=1S/C27H27NO3/c1-18(26(30)31-27(2,3)4)19-12-14-23(15-13-19)28-17-22-11-10-21(16-24(22)25(28)29)20-8-6-5-7-9-20/h5-16,18H,17H2,1-4H3. The van der Waals surface area contributed by atoms with Crippen LogP contribution in [-0.2, 0) is 16.1 Å². The Morgan fingerprint density at radius 1 is 0.935 bits per heavy atom. The van der Waals surface area contributed by atoms with Crippen LogP contribution in [0.15, 0.2) is 72.8 Å². The third kappa shape index (κ3) is 4.38. The molecule has 0 N–H and O–H groups in total. The lowest BCUT2D eigenvalue weighted by molar-refractivity contribution is -0.156. The number of carbonyl (C=O) groups excluding carboxylic acids is 2. The van der Waals surface area contributed by atoms with Crippen LogP contribution < -0.4 is 4.90 Å². The summed E-state index contributed by atoms with van der Waals surface area (Å²) < 4.78 is 5.49. The first-order valence-electron chi connectivity index (χ1n) is 10.6. The largest absolute Gasteiger partial charge is 0.460 e. The lowest BCUT2D eigenvalue weighted by atomic mass is 10.0. The van der Waals surface area contributed by atoms with Crippen molar-refractivity contribution >= 4 is 17.6 Å². The highest BCUT2D eigenvalue weighted by molar-refractivity contribution is 6.10. The molecule has 4 heteroatoms. The van der Waals surface area contributed by atoms with Gasteiger partial charge in [0.2, 0.25) is 0 Å². The number of hydrogen-bond acceptors (Lipinski definition) is 3. The monoisotopic (exact) mass is 413 g/mol. The summed E-state index contributed by atoms with van der Waals surface area (Å²) in [7, 11) is 0. The van der Waals surface area contributed by atoms with E-state index in [2.05, 4.69) is 6.07 Å². The quantitative estimate of drug-likeness (QED) is 0.496. The van der Waals surface area contributed by atoms with Crippen LogP contribution >= 0.6 is 0 Å². The number of carbonyl (C=O) groups is 2. The fourth-order valence-electron chi connectivity index (χ4n) is 3.79. The molecule has 1 heterocycles. The predicted octanol–water partition coefficient (Wildman–Crippen LogP) is 5.96. The van der Waals surface area contributed by atoms with Crippen LogP contribution in [-0.4, -0.2) is 17.5 Å². The van der Waals surface area contributed by atoms with Crippen LogP contribution in [0.5, 0.6) is 0 Å². The molecule has 0 aromatic heterocycles. The SMILES string of the molecule is CC(C(=O)OC(C)(C)C)c1ccc(N2Cc3ccc(-c4ccccc4)cc3C2=O)cc1. The minimum Gasteiger partial charge on any atom is -0.460 e. The third-order valence-corrected chi connectivity index (χ3v) is 5.49. The molecular formula is C27H27NO3. The van der Waals surface area contributed by atoms with E-state index >= 15 is 0 Å². The molecule has 1 amide bonds. The Labute approximate surface area is 183 Å². The molecule has 4 rings (SSSR count). The summed E-state index contributed by atoms with van der Waals surface area (Å²) in [5, 5.41) is 0. The second-order valence-electron chi connectivity index (χ2n) is 8.98. The van der Waals surface area contributed by atoms with Gasteiger partial charge in [-0.3, -0.25) is 9.59 Å². The molecule has 31 heavy (non-hydrogen) atoms. The van der Waals surface area contributed by atoms with Gasteiger partial charge in [-0.05, 0) is 68.1 Å². The maximum atomic E-state index is 13.1. The molecule has 1 aliphatic rings. The first kappa shape index (κ1) is 20.9. The van der Waals surface area contributed by atoms with E-state index in [4.69, 9.17) is 4.74 Å². The van der Waals surface area contributed by atoms with E-state index in [-0.39, 0.29) is 17.8 Å². The van der Waals surface area contributed by atoms with Gasteiger partial charge in [-0.1, -0.05) is 54.6 Å². The number of ether oxygens (including phenoxy) is 1. The molecule has 0 aliphatic carbocycles. The summed E-state index contributed by atoms with van der Waals surface area (Å²) in [5.74, 6) is -0.618. The highest BCUT2D eigenvalue weighted by Gasteiger charge is 2.29. The summed E-state index contributed by atoms with van der Waals surface area (Å²) in [6.07, 6.45) is 0. The maximum Gasteiger partial charge on any atom is 0.313 e. The molecule has 1 aliphatic heterocycles. The van der Waals surface area contributed by atoms with Gasteiger partial charge in [0.1, 0.15) is 5.60 Å². The molecule has 1 unspecified atom stereocenters. The number of fused-ring (bicyclic) bond motifs is 1. The molecule has 0 fully saturated rings. The minimum absolute atomic E-state index is 0.000668. The Kier molecular flexibility index (Phi) is 5.40. The fourth-order valence-corrected chi connectivity index (χ4v) is 3.79. The zero-order chi connectivity index (χ0) is 22.2. The van der Waals surface area contributed by atoms with Gasteiger partial charge in [-0.25, -0.2) is 0 Å². The number of benzene rings is 3. The topological polar surface area (TPSA) is 46.6 Å². The van der Waals surface area contributed by atoms with E-state index in [1.54, 1.807) is 4.90 Å². The Balaban J connectivity index is 1.52. The van der Waals surface area contributed by atoms with Gasteiger partial charge in [0.15, 0.2) is 0 Å². The first-order chi connectivity index (χ1) is 14.7. The van der Waals surface area contributed by atoms with Crippen LogP contribution in [0, 0.1) is 0 Å². The second kappa shape index (κ2) is 8.03. The van der Waals surface area contributed by atoms with Gasteiger partial charge < -0.3 is 9.64 Å². The molecule has 0 radical (unpaired) electrons. The highest BCUT2D eigenvalue weighted by atomic mass is 16.6. The van der Waals surface area contributed by atoms with E-state index in [1.165, 1.54) is 0 Å². The van der Waals surface area contributed by atoms with Gasteiger partial charge in [0, 0.05) is 11.3 Å². The van der Waals surface area contributed by atoms with E-state index in [9.17, 15) is 9.59 Å². The van der Waals surface area contributed by atoms with Crippen LogP contribution in [0.3, 0.4) is 0 Å². The van der Waals surface area contributed by atoms with Crippen molar-refractivity contribution in [2.75, 3.05) is 4.90 Å². The van der Waals surface area contributed by atoms with Gasteiger partial charge >= 0.3 is 5.97 Å². The molecule has 3 aromatic rings. The Hall–Kier alpha value is -3.40. The lowest BCUT2D eigenvalue weighted by Crippen LogP contribution is -2.27. The normalized spacial score (nSPS) is 14.3. The summed E-state index contributed by atoms with van der Waals surface area (Å²) in [5.41, 5.74) is 5.07. The summed E-state index contributed by atoms with van der Waals surface area (Å²) in [6.45, 7) is 7.97. The number of nitrogens with zero attached hydrogens (tertiary/aromatic N) is 1. The number of amides is 1.